The molecule has 4 aromatic rings. The molecule has 0 saturated carbocycles. The Kier molecular flexibility index (Phi) is 5.83. The minimum atomic E-state index is -0.917. The van der Waals surface area contributed by atoms with Crippen LogP contribution in [-0.4, -0.2) is 75.2 Å². The van der Waals surface area contributed by atoms with Crippen LogP contribution in [0.15, 0.2) is 30.3 Å². The average Bonchev–Trinajstić information content (AvgIpc) is 3.64. The van der Waals surface area contributed by atoms with E-state index >= 15 is 8.78 Å². The first-order valence-corrected chi connectivity index (χ1v) is 15.4. The number of halogens is 3. The van der Waals surface area contributed by atoms with Crippen molar-refractivity contribution in [2.24, 2.45) is 5.92 Å². The molecular formula is C32H31F3N6O3. The highest BCUT2D eigenvalue weighted by molar-refractivity contribution is 6.00. The number of phenols is 1. The van der Waals surface area contributed by atoms with Crippen molar-refractivity contribution in [3.63, 3.8) is 0 Å². The first kappa shape index (κ1) is 26.6. The van der Waals surface area contributed by atoms with Crippen LogP contribution in [0.5, 0.6) is 17.6 Å². The zero-order valence-electron chi connectivity index (χ0n) is 23.8. The Hall–Kier alpha value is -3.74. The lowest BCUT2D eigenvalue weighted by atomic mass is 9.88. The van der Waals surface area contributed by atoms with Gasteiger partial charge in [0.05, 0.1) is 35.4 Å². The predicted molar refractivity (Wildman–Crippen MR) is 155 cm³/mol. The van der Waals surface area contributed by atoms with Crippen LogP contribution in [0.25, 0.3) is 32.9 Å². The average molecular weight is 605 g/mol. The van der Waals surface area contributed by atoms with Gasteiger partial charge in [0.25, 0.3) is 0 Å². The van der Waals surface area contributed by atoms with E-state index in [-0.39, 0.29) is 70.6 Å². The molecule has 6 atom stereocenters. The molecule has 5 aliphatic rings. The smallest absolute Gasteiger partial charge is 0.317 e. The molecule has 9 nitrogen and oxygen atoms in total. The van der Waals surface area contributed by atoms with Crippen LogP contribution in [0.3, 0.4) is 0 Å². The van der Waals surface area contributed by atoms with E-state index in [1.54, 1.807) is 6.07 Å². The number of aromatic hydroxyl groups is 1. The minimum absolute atomic E-state index is 0.00156. The number of phenolic OH excluding ortho intramolecular Hbond substituents is 1. The second kappa shape index (κ2) is 9.63. The van der Waals surface area contributed by atoms with Crippen LogP contribution in [0.1, 0.15) is 43.8 Å². The summed E-state index contributed by atoms with van der Waals surface area (Å²) in [5, 5.41) is 18.6. The molecule has 2 aromatic carbocycles. The molecule has 9 rings (SSSR count). The standard InChI is InChI=1S/C32H31F3N6O3/c33-16-11-32(7-2-8-41(32)12-16)14-44-31-39-28-24-29(40-31)27-19(21-5-6-22(36-21)37-27)13-43-30(24)38-26(25(28)35)18-10-17(42)9-15-3-1-4-20(34)23(15)18/h1,3-4,9-10,16,19,21-22,27,36-37,42H,2,5-8,11-14H2/t16-,19-,21-,22+,27?,32+/m1/s1. The highest BCUT2D eigenvalue weighted by Crippen LogP contribution is 2.46. The second-order valence-electron chi connectivity index (χ2n) is 12.9. The Bertz CT molecular complexity index is 1840. The van der Waals surface area contributed by atoms with Gasteiger partial charge in [-0.2, -0.15) is 9.97 Å². The SMILES string of the molecule is Oc1cc(-c2nc3c4c(nc(OC[C@@]56CCCN5C[C@H](F)C6)nc4c2F)C2N[C@H]4CC[C@@H](N4)[C@H]2CO3)c2c(F)cccc2c1. The lowest BCUT2D eigenvalue weighted by Crippen LogP contribution is -2.55. The number of alkyl halides is 1. The lowest BCUT2D eigenvalue weighted by Gasteiger charge is -2.37. The normalized spacial score (nSPS) is 30.8. The van der Waals surface area contributed by atoms with Gasteiger partial charge in [0.2, 0.25) is 5.88 Å². The number of pyridine rings is 1. The number of ether oxygens (including phenoxy) is 2. The van der Waals surface area contributed by atoms with Gasteiger partial charge in [-0.3, -0.25) is 15.5 Å². The summed E-state index contributed by atoms with van der Waals surface area (Å²) in [5.74, 6) is -1.39. The van der Waals surface area contributed by atoms with Crippen molar-refractivity contribution in [2.75, 3.05) is 26.3 Å². The van der Waals surface area contributed by atoms with E-state index in [1.165, 1.54) is 24.3 Å². The van der Waals surface area contributed by atoms with E-state index in [4.69, 9.17) is 14.5 Å². The zero-order valence-corrected chi connectivity index (χ0v) is 23.8. The molecule has 12 heteroatoms. The van der Waals surface area contributed by atoms with E-state index in [0.717, 1.165) is 32.2 Å². The van der Waals surface area contributed by atoms with Crippen molar-refractivity contribution in [3.05, 3.63) is 47.7 Å². The molecule has 4 saturated heterocycles. The summed E-state index contributed by atoms with van der Waals surface area (Å²) < 4.78 is 59.1. The quantitative estimate of drug-likeness (QED) is 0.310. The molecule has 0 spiro atoms. The Morgan fingerprint density at radius 3 is 2.93 bits per heavy atom. The van der Waals surface area contributed by atoms with Gasteiger partial charge in [-0.15, -0.1) is 0 Å². The third-order valence-electron chi connectivity index (χ3n) is 10.4. The molecule has 1 unspecified atom stereocenters. The zero-order chi connectivity index (χ0) is 29.7. The van der Waals surface area contributed by atoms with Crippen molar-refractivity contribution in [1.29, 1.82) is 0 Å². The van der Waals surface area contributed by atoms with Crippen molar-refractivity contribution >= 4 is 21.7 Å². The van der Waals surface area contributed by atoms with Crippen LogP contribution >= 0.6 is 0 Å². The maximum Gasteiger partial charge on any atom is 0.317 e. The van der Waals surface area contributed by atoms with Gasteiger partial charge in [-0.25, -0.2) is 18.2 Å². The minimum Gasteiger partial charge on any atom is -0.508 e. The molecular weight excluding hydrogens is 573 g/mol. The maximum atomic E-state index is 16.8. The number of benzene rings is 2. The lowest BCUT2D eigenvalue weighted by molar-refractivity contribution is 0.106. The fourth-order valence-corrected chi connectivity index (χ4v) is 8.40. The number of nitrogens with zero attached hydrogens (tertiary/aromatic N) is 4. The summed E-state index contributed by atoms with van der Waals surface area (Å²) in [6.07, 6.45) is 3.23. The van der Waals surface area contributed by atoms with Crippen LogP contribution in [-0.2, 0) is 0 Å². The van der Waals surface area contributed by atoms with Gasteiger partial charge in [-0.05, 0) is 55.8 Å². The van der Waals surface area contributed by atoms with E-state index in [1.807, 2.05) is 0 Å². The van der Waals surface area contributed by atoms with Gasteiger partial charge in [0, 0.05) is 35.9 Å². The molecule has 5 aliphatic heterocycles. The number of hydrogen-bond donors (Lipinski definition) is 3. The van der Waals surface area contributed by atoms with Crippen molar-refractivity contribution in [1.82, 2.24) is 30.5 Å². The molecule has 228 valence electrons. The van der Waals surface area contributed by atoms with Gasteiger partial charge in [0.1, 0.15) is 35.6 Å². The summed E-state index contributed by atoms with van der Waals surface area (Å²) in [6.45, 7) is 1.69. The molecule has 2 aromatic heterocycles. The van der Waals surface area contributed by atoms with Crippen LogP contribution in [0.4, 0.5) is 13.2 Å². The molecule has 44 heavy (non-hydrogen) atoms. The number of nitrogens with one attached hydrogen (secondary N) is 2. The molecule has 3 N–H and O–H groups in total. The van der Waals surface area contributed by atoms with E-state index in [9.17, 15) is 9.50 Å². The summed E-state index contributed by atoms with van der Waals surface area (Å²) >= 11 is 0. The van der Waals surface area contributed by atoms with Gasteiger partial charge >= 0.3 is 6.01 Å². The Balaban J connectivity index is 1.23. The summed E-state index contributed by atoms with van der Waals surface area (Å²) in [7, 11) is 0. The summed E-state index contributed by atoms with van der Waals surface area (Å²) in [6, 6.07) is 7.10. The summed E-state index contributed by atoms with van der Waals surface area (Å²) in [5.41, 5.74) is -0.0541. The van der Waals surface area contributed by atoms with Crippen LogP contribution < -0.4 is 20.1 Å². The van der Waals surface area contributed by atoms with Crippen LogP contribution in [0, 0.1) is 17.6 Å². The largest absolute Gasteiger partial charge is 0.508 e. The predicted octanol–water partition coefficient (Wildman–Crippen LogP) is 4.52. The van der Waals surface area contributed by atoms with E-state index in [0.29, 0.717) is 36.0 Å². The Morgan fingerprint density at radius 1 is 1.11 bits per heavy atom. The topological polar surface area (TPSA) is 105 Å². The fraction of sp³-hybridized carbons (Fsp3) is 0.469. The molecule has 7 heterocycles. The molecule has 2 bridgehead atoms. The molecule has 0 radical (unpaired) electrons. The van der Waals surface area contributed by atoms with Gasteiger partial charge in [0.15, 0.2) is 5.82 Å². The van der Waals surface area contributed by atoms with Crippen molar-refractivity contribution in [3.8, 4) is 28.9 Å². The third-order valence-corrected chi connectivity index (χ3v) is 10.4. The van der Waals surface area contributed by atoms with Gasteiger partial charge in [-0.1, -0.05) is 12.1 Å². The fourth-order valence-electron chi connectivity index (χ4n) is 8.40. The van der Waals surface area contributed by atoms with E-state index in [2.05, 4.69) is 25.5 Å². The van der Waals surface area contributed by atoms with Crippen LogP contribution in [0.2, 0.25) is 0 Å². The third kappa shape index (κ3) is 3.93. The first-order chi connectivity index (χ1) is 21.4. The maximum absolute atomic E-state index is 16.8. The molecule has 0 amide bonds. The second-order valence-corrected chi connectivity index (χ2v) is 12.9. The monoisotopic (exact) mass is 604 g/mol. The van der Waals surface area contributed by atoms with Crippen molar-refractivity contribution < 1.29 is 27.8 Å². The Labute approximate surface area is 250 Å². The first-order valence-electron chi connectivity index (χ1n) is 15.4. The number of hydrogen-bond acceptors (Lipinski definition) is 9. The van der Waals surface area contributed by atoms with Crippen molar-refractivity contribution in [2.45, 2.75) is 62.1 Å². The van der Waals surface area contributed by atoms with Gasteiger partial charge < -0.3 is 14.6 Å². The van der Waals surface area contributed by atoms with E-state index < -0.39 is 23.3 Å². The number of rotatable bonds is 4. The number of fused-ring (bicyclic) bond motifs is 7. The Morgan fingerprint density at radius 2 is 2.02 bits per heavy atom. The molecule has 0 aliphatic carbocycles. The highest BCUT2D eigenvalue weighted by Gasteiger charge is 2.50. The highest BCUT2D eigenvalue weighted by atomic mass is 19.1. The summed E-state index contributed by atoms with van der Waals surface area (Å²) in [4.78, 5) is 16.2. The molecule has 4 fully saturated rings. The number of aromatic nitrogens is 3.